The van der Waals surface area contributed by atoms with Crippen molar-refractivity contribution in [3.63, 3.8) is 0 Å². The summed E-state index contributed by atoms with van der Waals surface area (Å²) in [6.45, 7) is 3.62. The van der Waals surface area contributed by atoms with E-state index in [4.69, 9.17) is 21.8 Å². The Kier molecular flexibility index (Phi) is 4.63. The van der Waals surface area contributed by atoms with Crippen molar-refractivity contribution in [2.75, 3.05) is 13.1 Å². The molecule has 0 aliphatic carbocycles. The van der Waals surface area contributed by atoms with Gasteiger partial charge in [0, 0.05) is 16.5 Å². The number of halogens is 1. The van der Waals surface area contributed by atoms with Gasteiger partial charge in [-0.1, -0.05) is 17.7 Å². The van der Waals surface area contributed by atoms with E-state index >= 15 is 0 Å². The lowest BCUT2D eigenvalue weighted by atomic mass is 9.95. The van der Waals surface area contributed by atoms with Crippen molar-refractivity contribution in [1.29, 1.82) is 0 Å². The van der Waals surface area contributed by atoms with E-state index in [1.165, 1.54) is 0 Å². The van der Waals surface area contributed by atoms with E-state index in [1.807, 2.05) is 19.1 Å². The van der Waals surface area contributed by atoms with Crippen LogP contribution in [0, 0.1) is 5.92 Å². The van der Waals surface area contributed by atoms with Crippen molar-refractivity contribution in [3.05, 3.63) is 35.2 Å². The predicted octanol–water partition coefficient (Wildman–Crippen LogP) is 2.65. The van der Waals surface area contributed by atoms with Crippen molar-refractivity contribution in [2.24, 2.45) is 11.7 Å². The zero-order valence-corrected chi connectivity index (χ0v) is 13.7. The molecule has 0 unspecified atom stereocenters. The van der Waals surface area contributed by atoms with E-state index < -0.39 is 0 Å². The first kappa shape index (κ1) is 16.0. The third-order valence-corrected chi connectivity index (χ3v) is 4.58. The van der Waals surface area contributed by atoms with Crippen LogP contribution in [0.4, 0.5) is 0 Å². The second-order valence-corrected chi connectivity index (χ2v) is 6.28. The molecule has 1 fully saturated rings. The van der Waals surface area contributed by atoms with E-state index in [1.54, 1.807) is 12.1 Å². The van der Waals surface area contributed by atoms with Gasteiger partial charge in [0.05, 0.1) is 6.04 Å². The van der Waals surface area contributed by atoms with Gasteiger partial charge in [-0.05, 0) is 51.1 Å². The number of hydrogen-bond donors (Lipinski definition) is 1. The number of likely N-dealkylation sites (tertiary alicyclic amines) is 1. The summed E-state index contributed by atoms with van der Waals surface area (Å²) < 4.78 is 5.80. The number of aromatic nitrogens is 2. The summed E-state index contributed by atoms with van der Waals surface area (Å²) in [5, 5.41) is 8.90. The van der Waals surface area contributed by atoms with Crippen LogP contribution >= 0.6 is 11.6 Å². The van der Waals surface area contributed by atoms with Crippen LogP contribution in [0.15, 0.2) is 28.7 Å². The summed E-state index contributed by atoms with van der Waals surface area (Å²) in [4.78, 5) is 13.5. The van der Waals surface area contributed by atoms with Crippen LogP contribution in [0.25, 0.3) is 11.5 Å². The van der Waals surface area contributed by atoms with Crippen LogP contribution in [-0.4, -0.2) is 34.1 Å². The Balaban J connectivity index is 1.69. The SMILES string of the molecule is C[C@H](c1nnc(-c2cccc(Cl)c2)o1)N1CCC(C(N)=O)CC1. The molecule has 1 aliphatic rings. The lowest BCUT2D eigenvalue weighted by molar-refractivity contribution is -0.123. The predicted molar refractivity (Wildman–Crippen MR) is 86.7 cm³/mol. The summed E-state index contributed by atoms with van der Waals surface area (Å²) in [6, 6.07) is 7.32. The number of rotatable bonds is 4. The van der Waals surface area contributed by atoms with Gasteiger partial charge in [-0.15, -0.1) is 10.2 Å². The van der Waals surface area contributed by atoms with Gasteiger partial charge in [0.1, 0.15) is 0 Å². The number of hydrogen-bond acceptors (Lipinski definition) is 5. The zero-order chi connectivity index (χ0) is 16.4. The summed E-state index contributed by atoms with van der Waals surface area (Å²) >= 11 is 5.99. The van der Waals surface area contributed by atoms with Crippen LogP contribution in [0.3, 0.4) is 0 Å². The molecular weight excluding hydrogens is 316 g/mol. The van der Waals surface area contributed by atoms with Crippen LogP contribution in [0.5, 0.6) is 0 Å². The van der Waals surface area contributed by atoms with Gasteiger partial charge in [0.2, 0.25) is 17.7 Å². The summed E-state index contributed by atoms with van der Waals surface area (Å²) in [5.41, 5.74) is 6.17. The molecule has 0 saturated carbocycles. The molecule has 3 rings (SSSR count). The van der Waals surface area contributed by atoms with Gasteiger partial charge in [0.25, 0.3) is 0 Å². The van der Waals surface area contributed by atoms with Gasteiger partial charge in [-0.25, -0.2) is 0 Å². The van der Waals surface area contributed by atoms with Crippen molar-refractivity contribution in [2.45, 2.75) is 25.8 Å². The Morgan fingerprint density at radius 1 is 1.39 bits per heavy atom. The van der Waals surface area contributed by atoms with Gasteiger partial charge in [-0.3, -0.25) is 9.69 Å². The molecule has 7 heteroatoms. The number of amides is 1. The van der Waals surface area contributed by atoms with Crippen LogP contribution in [-0.2, 0) is 4.79 Å². The molecule has 0 radical (unpaired) electrons. The molecule has 1 amide bonds. The third-order valence-electron chi connectivity index (χ3n) is 4.35. The molecule has 2 N–H and O–H groups in total. The first-order valence-corrected chi connectivity index (χ1v) is 8.05. The Morgan fingerprint density at radius 3 is 2.78 bits per heavy atom. The number of carbonyl (C=O) groups excluding carboxylic acids is 1. The van der Waals surface area contributed by atoms with Gasteiger partial charge in [0.15, 0.2) is 0 Å². The second-order valence-electron chi connectivity index (χ2n) is 5.84. The second kappa shape index (κ2) is 6.68. The number of piperidine rings is 1. The average Bonchev–Trinajstić information content (AvgIpc) is 3.04. The summed E-state index contributed by atoms with van der Waals surface area (Å²) in [6.07, 6.45) is 1.55. The largest absolute Gasteiger partial charge is 0.419 e. The highest BCUT2D eigenvalue weighted by Crippen LogP contribution is 2.28. The molecule has 1 aliphatic heterocycles. The number of benzene rings is 1. The van der Waals surface area contributed by atoms with Crippen molar-refractivity contribution >= 4 is 17.5 Å². The van der Waals surface area contributed by atoms with Gasteiger partial charge < -0.3 is 10.2 Å². The topological polar surface area (TPSA) is 85.2 Å². The highest BCUT2D eigenvalue weighted by Gasteiger charge is 2.28. The van der Waals surface area contributed by atoms with Gasteiger partial charge >= 0.3 is 0 Å². The normalized spacial score (nSPS) is 18.0. The lowest BCUT2D eigenvalue weighted by Crippen LogP contribution is -2.39. The first-order chi connectivity index (χ1) is 11.0. The number of nitrogens with zero attached hydrogens (tertiary/aromatic N) is 3. The summed E-state index contributed by atoms with van der Waals surface area (Å²) in [5.74, 6) is 0.792. The molecule has 1 aromatic heterocycles. The minimum absolute atomic E-state index is 0.00395. The first-order valence-electron chi connectivity index (χ1n) is 7.67. The minimum Gasteiger partial charge on any atom is -0.419 e. The molecule has 0 spiro atoms. The Morgan fingerprint density at radius 2 is 2.13 bits per heavy atom. The molecular formula is C16H19ClN4O2. The molecule has 6 nitrogen and oxygen atoms in total. The van der Waals surface area contributed by atoms with E-state index in [2.05, 4.69) is 15.1 Å². The van der Waals surface area contributed by atoms with Crippen molar-refractivity contribution in [3.8, 4) is 11.5 Å². The fraction of sp³-hybridized carbons (Fsp3) is 0.438. The smallest absolute Gasteiger partial charge is 0.247 e. The van der Waals surface area contributed by atoms with Crippen molar-refractivity contribution in [1.82, 2.24) is 15.1 Å². The number of nitrogens with two attached hydrogens (primary N) is 1. The van der Waals surface area contributed by atoms with Gasteiger partial charge in [-0.2, -0.15) is 0 Å². The minimum atomic E-state index is -0.210. The Bertz CT molecular complexity index is 695. The monoisotopic (exact) mass is 334 g/mol. The number of carbonyl (C=O) groups is 1. The fourth-order valence-electron chi connectivity index (χ4n) is 2.87. The molecule has 122 valence electrons. The van der Waals surface area contributed by atoms with Crippen molar-refractivity contribution < 1.29 is 9.21 Å². The van der Waals surface area contributed by atoms with E-state index in [-0.39, 0.29) is 17.9 Å². The third kappa shape index (κ3) is 3.54. The molecule has 1 atom stereocenters. The molecule has 23 heavy (non-hydrogen) atoms. The van der Waals surface area contributed by atoms with Crippen LogP contribution in [0.2, 0.25) is 5.02 Å². The maximum absolute atomic E-state index is 11.2. The summed E-state index contributed by atoms with van der Waals surface area (Å²) in [7, 11) is 0. The van der Waals surface area contributed by atoms with E-state index in [0.717, 1.165) is 31.5 Å². The maximum atomic E-state index is 11.2. The van der Waals surface area contributed by atoms with Crippen LogP contribution in [0.1, 0.15) is 31.7 Å². The molecule has 0 bridgehead atoms. The Hall–Kier alpha value is -1.92. The van der Waals surface area contributed by atoms with Crippen LogP contribution < -0.4 is 5.73 Å². The molecule has 1 aromatic carbocycles. The number of primary amides is 1. The standard InChI is InChI=1S/C16H19ClN4O2/c1-10(21-7-5-11(6-8-21)14(18)22)15-19-20-16(23-15)12-3-2-4-13(17)9-12/h2-4,9-11H,5-8H2,1H3,(H2,18,22)/t10-/m1/s1. The Labute approximate surface area is 139 Å². The highest BCUT2D eigenvalue weighted by molar-refractivity contribution is 6.30. The average molecular weight is 335 g/mol. The molecule has 2 aromatic rings. The molecule has 2 heterocycles. The fourth-order valence-corrected chi connectivity index (χ4v) is 3.06. The quantitative estimate of drug-likeness (QED) is 0.929. The zero-order valence-electron chi connectivity index (χ0n) is 12.9. The van der Waals surface area contributed by atoms with E-state index in [9.17, 15) is 4.79 Å². The van der Waals surface area contributed by atoms with E-state index in [0.29, 0.717) is 16.8 Å². The highest BCUT2D eigenvalue weighted by atomic mass is 35.5. The lowest BCUT2D eigenvalue weighted by Gasteiger charge is -2.33. The molecule has 1 saturated heterocycles. The maximum Gasteiger partial charge on any atom is 0.247 e.